The van der Waals surface area contributed by atoms with E-state index in [9.17, 15) is 0 Å². The van der Waals surface area contributed by atoms with Crippen LogP contribution in [-0.2, 0) is 4.52 Å². The minimum atomic E-state index is -1.11. The lowest BCUT2D eigenvalue weighted by molar-refractivity contribution is 0.238. The zero-order valence-corrected chi connectivity index (χ0v) is 12.5. The molecule has 1 saturated heterocycles. The summed E-state index contributed by atoms with van der Waals surface area (Å²) in [6, 6.07) is 8.36. The Balaban J connectivity index is 1.94. The molecule has 1 fully saturated rings. The fraction of sp³-hybridized carbons (Fsp3) is 0.538. The van der Waals surface area contributed by atoms with Gasteiger partial charge in [-0.2, -0.15) is 0 Å². The van der Waals surface area contributed by atoms with Crippen molar-refractivity contribution < 1.29 is 4.52 Å². The molecule has 0 aromatic heterocycles. The highest BCUT2D eigenvalue weighted by Gasteiger charge is 2.28. The van der Waals surface area contributed by atoms with E-state index in [0.29, 0.717) is 0 Å². The van der Waals surface area contributed by atoms with Gasteiger partial charge >= 0.3 is 0 Å². The number of benzene rings is 1. The smallest absolute Gasteiger partial charge is 0.206 e. The Kier molecular flexibility index (Phi) is 5.09. The molecule has 1 heterocycles. The van der Waals surface area contributed by atoms with Gasteiger partial charge in [-0.3, -0.25) is 4.67 Å². The van der Waals surface area contributed by atoms with Crippen LogP contribution in [0.3, 0.4) is 0 Å². The summed E-state index contributed by atoms with van der Waals surface area (Å²) in [6.45, 7) is 5.05. The Bertz CT molecular complexity index is 389. The van der Waals surface area contributed by atoms with Gasteiger partial charge in [0.1, 0.15) is 0 Å². The van der Waals surface area contributed by atoms with Crippen molar-refractivity contribution in [3.05, 3.63) is 35.4 Å². The van der Waals surface area contributed by atoms with Crippen molar-refractivity contribution in [3.63, 3.8) is 0 Å². The van der Waals surface area contributed by atoms with E-state index < -0.39 is 7.65 Å². The van der Waals surface area contributed by atoms with E-state index in [4.69, 9.17) is 23.6 Å². The van der Waals surface area contributed by atoms with Crippen molar-refractivity contribution in [1.82, 2.24) is 4.67 Å². The average molecular weight is 282 g/mol. The van der Waals surface area contributed by atoms with Gasteiger partial charge < -0.3 is 4.52 Å². The molecular weight excluding hydrogens is 263 g/mol. The van der Waals surface area contributed by atoms with E-state index in [1.54, 1.807) is 0 Å². The standard InChI is InChI=1S/C13H18BClNOP/c1-10-5-7-12(8-6-10)11(2)17-18(15)16-9-3-4-13(16)14/h5-8,11,13H,3-4,9H2,1-2H3/t11-,13+,18?/m1/s1. The van der Waals surface area contributed by atoms with Crippen LogP contribution in [0.4, 0.5) is 0 Å². The molecule has 0 amide bonds. The van der Waals surface area contributed by atoms with E-state index in [1.165, 1.54) is 5.56 Å². The fourth-order valence-electron chi connectivity index (χ4n) is 2.06. The molecule has 1 unspecified atom stereocenters. The lowest BCUT2D eigenvalue weighted by Crippen LogP contribution is -2.24. The van der Waals surface area contributed by atoms with Crippen molar-refractivity contribution in [2.45, 2.75) is 38.7 Å². The van der Waals surface area contributed by atoms with Crippen LogP contribution in [0.5, 0.6) is 0 Å². The van der Waals surface area contributed by atoms with Gasteiger partial charge in [-0.25, -0.2) is 0 Å². The molecule has 2 rings (SSSR count). The Labute approximate surface area is 117 Å². The van der Waals surface area contributed by atoms with Crippen molar-refractivity contribution in [2.75, 3.05) is 6.54 Å². The molecule has 0 aliphatic carbocycles. The van der Waals surface area contributed by atoms with Crippen LogP contribution < -0.4 is 0 Å². The molecule has 0 spiro atoms. The Morgan fingerprint density at radius 1 is 1.44 bits per heavy atom. The Morgan fingerprint density at radius 3 is 2.67 bits per heavy atom. The SMILES string of the molecule is [B][C@@H]1CCCN1P(Cl)O[C@H](C)c1ccc(C)cc1. The number of hydrogen-bond donors (Lipinski definition) is 0. The summed E-state index contributed by atoms with van der Waals surface area (Å²) in [6.07, 6.45) is 2.12. The summed E-state index contributed by atoms with van der Waals surface area (Å²) >= 11 is 6.35. The molecule has 0 saturated carbocycles. The number of aryl methyl sites for hydroxylation is 1. The first-order valence-corrected chi connectivity index (χ1v) is 8.41. The second-order valence-electron chi connectivity index (χ2n) is 4.76. The highest BCUT2D eigenvalue weighted by Crippen LogP contribution is 2.53. The Morgan fingerprint density at radius 2 is 2.11 bits per heavy atom. The molecule has 1 aromatic carbocycles. The maximum atomic E-state index is 6.35. The number of halogens is 1. The molecule has 5 heteroatoms. The predicted octanol–water partition coefficient (Wildman–Crippen LogP) is 4.13. The van der Waals surface area contributed by atoms with E-state index in [2.05, 4.69) is 35.9 Å². The van der Waals surface area contributed by atoms with Crippen molar-refractivity contribution in [3.8, 4) is 0 Å². The van der Waals surface area contributed by atoms with Crippen molar-refractivity contribution >= 4 is 26.7 Å². The third kappa shape index (κ3) is 3.48. The quantitative estimate of drug-likeness (QED) is 0.608. The number of rotatable bonds is 4. The molecule has 0 bridgehead atoms. The summed E-state index contributed by atoms with van der Waals surface area (Å²) in [5.74, 6) is 0.0545. The van der Waals surface area contributed by atoms with Crippen molar-refractivity contribution in [2.24, 2.45) is 0 Å². The summed E-state index contributed by atoms with van der Waals surface area (Å²) in [5, 5.41) is 0. The van der Waals surface area contributed by atoms with Gasteiger partial charge in [0, 0.05) is 6.54 Å². The Hall–Kier alpha value is -0.0751. The van der Waals surface area contributed by atoms with E-state index >= 15 is 0 Å². The molecule has 3 atom stereocenters. The molecule has 2 nitrogen and oxygen atoms in total. The van der Waals surface area contributed by atoms with Crippen LogP contribution in [-0.4, -0.2) is 25.0 Å². The van der Waals surface area contributed by atoms with Crippen LogP contribution in [0.2, 0.25) is 0 Å². The average Bonchev–Trinajstić information content (AvgIpc) is 2.76. The van der Waals surface area contributed by atoms with Gasteiger partial charge in [-0.05, 0) is 49.4 Å². The van der Waals surface area contributed by atoms with Crippen LogP contribution >= 0.6 is 18.9 Å². The third-order valence-corrected chi connectivity index (χ3v) is 5.48. The predicted molar refractivity (Wildman–Crippen MR) is 78.9 cm³/mol. The summed E-state index contributed by atoms with van der Waals surface area (Å²) in [4.78, 5) is 0. The zero-order valence-electron chi connectivity index (χ0n) is 10.8. The molecule has 1 aliphatic rings. The largest absolute Gasteiger partial charge is 0.324 e. The summed E-state index contributed by atoms with van der Waals surface area (Å²) in [7, 11) is 4.88. The first-order chi connectivity index (χ1) is 8.58. The van der Waals surface area contributed by atoms with E-state index in [1.807, 2.05) is 6.92 Å². The maximum absolute atomic E-state index is 6.35. The zero-order chi connectivity index (χ0) is 13.1. The lowest BCUT2D eigenvalue weighted by atomic mass is 9.96. The highest BCUT2D eigenvalue weighted by atomic mass is 35.7. The monoisotopic (exact) mass is 281 g/mol. The normalized spacial score (nSPS) is 24.1. The number of hydrogen-bond acceptors (Lipinski definition) is 2. The van der Waals surface area contributed by atoms with Gasteiger partial charge in [0.15, 0.2) is 0 Å². The third-order valence-electron chi connectivity index (χ3n) is 3.26. The van der Waals surface area contributed by atoms with Crippen LogP contribution in [0.25, 0.3) is 0 Å². The minimum absolute atomic E-state index is 0.00186. The van der Waals surface area contributed by atoms with Gasteiger partial charge in [0.25, 0.3) is 0 Å². The molecule has 2 radical (unpaired) electrons. The number of nitrogens with zero attached hydrogens (tertiary/aromatic N) is 1. The first-order valence-electron chi connectivity index (χ1n) is 6.29. The van der Waals surface area contributed by atoms with Gasteiger partial charge in [0.05, 0.1) is 14.0 Å². The van der Waals surface area contributed by atoms with Crippen LogP contribution in [0.1, 0.15) is 37.0 Å². The first kappa shape index (κ1) is 14.3. The van der Waals surface area contributed by atoms with Crippen molar-refractivity contribution in [1.29, 1.82) is 0 Å². The second-order valence-corrected chi connectivity index (χ2v) is 6.80. The van der Waals surface area contributed by atoms with Gasteiger partial charge in [-0.1, -0.05) is 29.8 Å². The molecule has 1 aliphatic heterocycles. The van der Waals surface area contributed by atoms with E-state index in [-0.39, 0.29) is 12.0 Å². The lowest BCUT2D eigenvalue weighted by Gasteiger charge is -2.28. The molecule has 0 N–H and O–H groups in total. The highest BCUT2D eigenvalue weighted by molar-refractivity contribution is 7.78. The fourth-order valence-corrected chi connectivity index (χ4v) is 4.13. The second kappa shape index (κ2) is 6.39. The van der Waals surface area contributed by atoms with E-state index in [0.717, 1.165) is 24.9 Å². The topological polar surface area (TPSA) is 12.5 Å². The molecular formula is C13H18BClNOP. The summed E-state index contributed by atoms with van der Waals surface area (Å²) in [5.41, 5.74) is 2.40. The van der Waals surface area contributed by atoms with Gasteiger partial charge in [-0.15, -0.1) is 0 Å². The molecule has 18 heavy (non-hydrogen) atoms. The van der Waals surface area contributed by atoms with Crippen LogP contribution in [0, 0.1) is 6.92 Å². The molecule has 1 aromatic rings. The van der Waals surface area contributed by atoms with Crippen LogP contribution in [0.15, 0.2) is 24.3 Å². The minimum Gasteiger partial charge on any atom is -0.324 e. The van der Waals surface area contributed by atoms with Gasteiger partial charge in [0.2, 0.25) is 7.65 Å². The molecule has 96 valence electrons. The maximum Gasteiger partial charge on any atom is 0.206 e. The summed E-state index contributed by atoms with van der Waals surface area (Å²) < 4.78 is 7.98.